The maximum absolute atomic E-state index is 14.0. The van der Waals surface area contributed by atoms with Gasteiger partial charge in [0, 0.05) is 49.5 Å². The van der Waals surface area contributed by atoms with Crippen molar-refractivity contribution in [1.29, 1.82) is 0 Å². The molecular weight excluding hydrogens is 612 g/mol. The second-order valence-corrected chi connectivity index (χ2v) is 12.3. The molecule has 0 fully saturated rings. The first-order chi connectivity index (χ1) is 22.8. The lowest BCUT2D eigenvalue weighted by atomic mass is 9.86. The van der Waals surface area contributed by atoms with Gasteiger partial charge in [0.25, 0.3) is 0 Å². The molecule has 11 N–H and O–H groups in total. The molecule has 2 aromatic carbocycles. The molecule has 0 saturated heterocycles. The summed E-state index contributed by atoms with van der Waals surface area (Å²) in [4.78, 5) is 64.5. The number of phenolic OH excluding ortho intramolecular Hbond substituents is 1. The van der Waals surface area contributed by atoms with Crippen LogP contribution in [0.5, 0.6) is 5.75 Å². The molecule has 13 nitrogen and oxygen atoms in total. The summed E-state index contributed by atoms with van der Waals surface area (Å²) < 4.78 is 0. The largest absolute Gasteiger partial charge is 0.508 e. The maximum atomic E-state index is 14.0. The van der Waals surface area contributed by atoms with Crippen LogP contribution in [0.1, 0.15) is 60.1 Å². The molecule has 48 heavy (non-hydrogen) atoms. The number of imidazole rings is 1. The first-order valence-corrected chi connectivity index (χ1v) is 16.1. The summed E-state index contributed by atoms with van der Waals surface area (Å²) in [5.74, 6) is -3.38. The van der Waals surface area contributed by atoms with E-state index in [0.29, 0.717) is 37.9 Å². The average molecular weight is 661 g/mol. The minimum Gasteiger partial charge on any atom is -0.508 e. The summed E-state index contributed by atoms with van der Waals surface area (Å²) in [6, 6.07) is 10.9. The number of nitrogens with one attached hydrogen (secondary N) is 2. The number of hydrogen-bond donors (Lipinski definition) is 7. The van der Waals surface area contributed by atoms with E-state index in [-0.39, 0.29) is 49.0 Å². The Hall–Kier alpha value is -5.04. The van der Waals surface area contributed by atoms with Gasteiger partial charge in [-0.25, -0.2) is 4.98 Å². The molecule has 0 aliphatic rings. The van der Waals surface area contributed by atoms with E-state index in [1.54, 1.807) is 18.3 Å². The Kier molecular flexibility index (Phi) is 14.3. The molecular formula is C35H48N8O5. The third kappa shape index (κ3) is 12.0. The zero-order chi connectivity index (χ0) is 35.2. The number of aromatic nitrogens is 2. The van der Waals surface area contributed by atoms with Crippen LogP contribution in [0.15, 0.2) is 60.0 Å². The van der Waals surface area contributed by atoms with E-state index in [4.69, 9.17) is 22.9 Å². The van der Waals surface area contributed by atoms with E-state index in [9.17, 15) is 24.3 Å². The second-order valence-electron chi connectivity index (χ2n) is 12.3. The Bertz CT molecular complexity index is 1530. The van der Waals surface area contributed by atoms with Gasteiger partial charge in [-0.2, -0.15) is 0 Å². The van der Waals surface area contributed by atoms with E-state index < -0.39 is 35.7 Å². The minimum absolute atomic E-state index is 0.0520. The Morgan fingerprint density at radius 1 is 0.938 bits per heavy atom. The first kappa shape index (κ1) is 37.4. The number of nitrogens with two attached hydrogens (primary N) is 4. The van der Waals surface area contributed by atoms with E-state index in [1.165, 1.54) is 6.33 Å². The van der Waals surface area contributed by atoms with Crippen molar-refractivity contribution in [3.05, 3.63) is 82.9 Å². The number of primary amides is 1. The SMILES string of the molecule is Cc1cc(O)cc(C)c1C[C@H](CC(=O)[C@H](N)CCCN=C(N)N)C(=O)N[C@@H](Cc1cnc[nH]1)C(=O)C[C@@H](CCc1ccccc1)C(N)=O. The lowest BCUT2D eigenvalue weighted by Gasteiger charge is -2.25. The summed E-state index contributed by atoms with van der Waals surface area (Å²) in [6.45, 7) is 3.95. The van der Waals surface area contributed by atoms with Crippen molar-refractivity contribution >= 4 is 29.3 Å². The molecule has 0 aliphatic heterocycles. The van der Waals surface area contributed by atoms with Crippen LogP contribution in [0.2, 0.25) is 0 Å². The van der Waals surface area contributed by atoms with Crippen molar-refractivity contribution in [3.63, 3.8) is 0 Å². The number of hydrogen-bond acceptors (Lipinski definition) is 8. The summed E-state index contributed by atoms with van der Waals surface area (Å²) >= 11 is 0. The number of guanidine groups is 1. The highest BCUT2D eigenvalue weighted by atomic mass is 16.3. The minimum atomic E-state index is -1.02. The van der Waals surface area contributed by atoms with Crippen LogP contribution < -0.4 is 28.3 Å². The quantitative estimate of drug-likeness (QED) is 0.0528. The molecule has 0 spiro atoms. The highest BCUT2D eigenvalue weighted by Gasteiger charge is 2.32. The van der Waals surface area contributed by atoms with Crippen LogP contribution in [0.4, 0.5) is 0 Å². The number of aromatic amines is 1. The molecule has 3 rings (SSSR count). The summed E-state index contributed by atoms with van der Waals surface area (Å²) in [7, 11) is 0. The fourth-order valence-electron chi connectivity index (χ4n) is 5.74. The van der Waals surface area contributed by atoms with Crippen molar-refractivity contribution in [2.24, 2.45) is 39.8 Å². The molecule has 0 saturated carbocycles. The van der Waals surface area contributed by atoms with Crippen LogP contribution in [0.3, 0.4) is 0 Å². The topological polar surface area (TPSA) is 246 Å². The highest BCUT2D eigenvalue weighted by molar-refractivity contribution is 5.94. The smallest absolute Gasteiger partial charge is 0.224 e. The van der Waals surface area contributed by atoms with Gasteiger partial charge >= 0.3 is 0 Å². The highest BCUT2D eigenvalue weighted by Crippen LogP contribution is 2.26. The third-order valence-corrected chi connectivity index (χ3v) is 8.49. The first-order valence-electron chi connectivity index (χ1n) is 16.1. The molecule has 3 aromatic rings. The maximum Gasteiger partial charge on any atom is 0.224 e. The number of H-pyrrole nitrogens is 1. The summed E-state index contributed by atoms with van der Waals surface area (Å²) in [6.07, 6.45) is 4.66. The predicted molar refractivity (Wildman–Crippen MR) is 184 cm³/mol. The van der Waals surface area contributed by atoms with Gasteiger partial charge in [0.05, 0.1) is 18.4 Å². The Balaban J connectivity index is 1.83. The zero-order valence-electron chi connectivity index (χ0n) is 27.7. The molecule has 4 atom stereocenters. The number of phenols is 1. The normalized spacial score (nSPS) is 13.6. The number of rotatable bonds is 20. The van der Waals surface area contributed by atoms with Gasteiger partial charge in [0.1, 0.15) is 11.5 Å². The molecule has 0 radical (unpaired) electrons. The fraction of sp³-hybridized carbons (Fsp3) is 0.429. The average Bonchev–Trinajstić information content (AvgIpc) is 3.55. The van der Waals surface area contributed by atoms with Crippen LogP contribution in [-0.2, 0) is 38.4 Å². The van der Waals surface area contributed by atoms with Crippen molar-refractivity contribution in [2.75, 3.05) is 6.54 Å². The van der Waals surface area contributed by atoms with E-state index >= 15 is 0 Å². The van der Waals surface area contributed by atoms with E-state index in [0.717, 1.165) is 22.3 Å². The zero-order valence-corrected chi connectivity index (χ0v) is 27.7. The molecule has 0 unspecified atom stereocenters. The monoisotopic (exact) mass is 660 g/mol. The van der Waals surface area contributed by atoms with Crippen LogP contribution in [-0.4, -0.2) is 63.0 Å². The van der Waals surface area contributed by atoms with Crippen LogP contribution in [0.25, 0.3) is 0 Å². The molecule has 258 valence electrons. The number of carbonyl (C=O) groups is 4. The van der Waals surface area contributed by atoms with Crippen molar-refractivity contribution in [1.82, 2.24) is 15.3 Å². The van der Waals surface area contributed by atoms with Crippen LogP contribution in [0, 0.1) is 25.7 Å². The van der Waals surface area contributed by atoms with Gasteiger partial charge in [-0.05, 0) is 80.3 Å². The molecule has 13 heteroatoms. The lowest BCUT2D eigenvalue weighted by Crippen LogP contribution is -2.47. The predicted octanol–water partition coefficient (Wildman–Crippen LogP) is 1.65. The summed E-state index contributed by atoms with van der Waals surface area (Å²) in [5.41, 5.74) is 26.6. The van der Waals surface area contributed by atoms with Crippen molar-refractivity contribution in [2.45, 2.75) is 77.3 Å². The third-order valence-electron chi connectivity index (χ3n) is 8.49. The lowest BCUT2D eigenvalue weighted by molar-refractivity contribution is -0.133. The van der Waals surface area contributed by atoms with Gasteiger partial charge in [0.15, 0.2) is 11.7 Å². The Morgan fingerprint density at radius 3 is 2.21 bits per heavy atom. The number of aromatic hydroxyl groups is 1. The fourth-order valence-corrected chi connectivity index (χ4v) is 5.74. The number of aliphatic imine (C=N–C) groups is 1. The van der Waals surface area contributed by atoms with E-state index in [1.807, 2.05) is 44.2 Å². The number of aryl methyl sites for hydroxylation is 3. The molecule has 1 heterocycles. The molecule has 0 aliphatic carbocycles. The van der Waals surface area contributed by atoms with Gasteiger partial charge in [-0.1, -0.05) is 30.3 Å². The standard InChI is InChI=1S/C35H48N8O5/c1-21-13-27(44)14-22(2)28(21)15-25(17-31(45)29(36)9-6-12-41-35(38)39)34(48)43-30(18-26-19-40-20-42-26)32(46)16-24(33(37)47)11-10-23-7-4-3-5-8-23/h3-5,7-8,13-14,19-20,24-25,29-30,44H,6,9-12,15-18,36H2,1-2H3,(H2,37,47)(H,40,42)(H,43,48)(H4,38,39,41)/t24-,25-,29-,30+/m1/s1. The number of benzene rings is 2. The van der Waals surface area contributed by atoms with Crippen molar-refractivity contribution in [3.8, 4) is 5.75 Å². The second kappa shape index (κ2) is 18.3. The Labute approximate surface area is 281 Å². The van der Waals surface area contributed by atoms with Crippen molar-refractivity contribution < 1.29 is 24.3 Å². The number of ketones is 2. The number of amides is 2. The van der Waals surface area contributed by atoms with Gasteiger partial charge < -0.3 is 38.3 Å². The molecule has 0 bridgehead atoms. The number of carbonyl (C=O) groups excluding carboxylic acids is 4. The van der Waals surface area contributed by atoms with Gasteiger partial charge in [-0.3, -0.25) is 24.2 Å². The number of Topliss-reactive ketones (excluding diaryl/α,β-unsaturated/α-hetero) is 2. The number of nitrogens with zero attached hydrogens (tertiary/aromatic N) is 2. The summed E-state index contributed by atoms with van der Waals surface area (Å²) in [5, 5.41) is 13.0. The molecule has 1 aromatic heterocycles. The Morgan fingerprint density at radius 2 is 1.60 bits per heavy atom. The van der Waals surface area contributed by atoms with Gasteiger partial charge in [-0.15, -0.1) is 0 Å². The molecule has 2 amide bonds. The van der Waals surface area contributed by atoms with Gasteiger partial charge in [0.2, 0.25) is 11.8 Å². The van der Waals surface area contributed by atoms with E-state index in [2.05, 4.69) is 20.3 Å². The van der Waals surface area contributed by atoms with Crippen LogP contribution >= 0.6 is 0 Å².